The molecule has 0 saturated heterocycles. The third kappa shape index (κ3) is 3.55. The number of aryl methyl sites for hydroxylation is 2. The summed E-state index contributed by atoms with van der Waals surface area (Å²) in [7, 11) is 0. The maximum atomic E-state index is 5.57. The van der Waals surface area contributed by atoms with Gasteiger partial charge in [0, 0.05) is 19.0 Å². The van der Waals surface area contributed by atoms with Crippen molar-refractivity contribution in [3.05, 3.63) is 52.7 Å². The fourth-order valence-corrected chi connectivity index (χ4v) is 2.86. The van der Waals surface area contributed by atoms with Gasteiger partial charge in [0.1, 0.15) is 12.3 Å². The van der Waals surface area contributed by atoms with Gasteiger partial charge in [0.2, 0.25) is 5.89 Å². The van der Waals surface area contributed by atoms with E-state index in [9.17, 15) is 0 Å². The van der Waals surface area contributed by atoms with Crippen LogP contribution in [0.15, 0.2) is 33.7 Å². The Kier molecular flexibility index (Phi) is 4.65. The largest absolute Gasteiger partial charge is 0.444 e. The van der Waals surface area contributed by atoms with Gasteiger partial charge in [-0.05, 0) is 38.3 Å². The summed E-state index contributed by atoms with van der Waals surface area (Å²) in [5.41, 5.74) is 3.85. The smallest absolute Gasteiger partial charge is 0.216 e. The van der Waals surface area contributed by atoms with Crippen molar-refractivity contribution < 1.29 is 4.42 Å². The SMILES string of the molecule is CCNC(=NCc1nc(C)c(C)o1)NCC1Cc2ccccc21. The molecule has 1 aromatic carbocycles. The van der Waals surface area contributed by atoms with E-state index in [1.807, 2.05) is 13.8 Å². The van der Waals surface area contributed by atoms with Gasteiger partial charge in [-0.25, -0.2) is 9.98 Å². The third-order valence-corrected chi connectivity index (χ3v) is 4.27. The maximum Gasteiger partial charge on any atom is 0.216 e. The Hall–Kier alpha value is -2.30. The first-order valence-electron chi connectivity index (χ1n) is 8.20. The van der Waals surface area contributed by atoms with Crippen molar-refractivity contribution in [1.82, 2.24) is 15.6 Å². The Morgan fingerprint density at radius 3 is 2.83 bits per heavy atom. The summed E-state index contributed by atoms with van der Waals surface area (Å²) in [6.45, 7) is 8.11. The first kappa shape index (κ1) is 15.6. The molecule has 23 heavy (non-hydrogen) atoms. The minimum Gasteiger partial charge on any atom is -0.444 e. The highest BCUT2D eigenvalue weighted by molar-refractivity contribution is 5.79. The van der Waals surface area contributed by atoms with Gasteiger partial charge in [-0.1, -0.05) is 24.3 Å². The van der Waals surface area contributed by atoms with E-state index < -0.39 is 0 Å². The number of aromatic nitrogens is 1. The fourth-order valence-electron chi connectivity index (χ4n) is 2.86. The second-order valence-corrected chi connectivity index (χ2v) is 5.93. The standard InChI is InChI=1S/C18H24N4O/c1-4-19-18(21-11-17-22-12(2)13(3)23-17)20-10-15-9-14-7-5-6-8-16(14)15/h5-8,15H,4,9-11H2,1-3H3,(H2,19,20,21). The Bertz CT molecular complexity index is 685. The van der Waals surface area contributed by atoms with Crippen LogP contribution in [0.2, 0.25) is 0 Å². The molecule has 1 atom stereocenters. The second kappa shape index (κ2) is 6.86. The molecule has 3 rings (SSSR count). The summed E-state index contributed by atoms with van der Waals surface area (Å²) >= 11 is 0. The number of aliphatic imine (C=N–C) groups is 1. The van der Waals surface area contributed by atoms with Gasteiger partial charge in [0.15, 0.2) is 5.96 Å². The Morgan fingerprint density at radius 1 is 1.30 bits per heavy atom. The van der Waals surface area contributed by atoms with E-state index in [2.05, 4.69) is 51.8 Å². The van der Waals surface area contributed by atoms with Crippen LogP contribution >= 0.6 is 0 Å². The first-order valence-corrected chi connectivity index (χ1v) is 8.20. The van der Waals surface area contributed by atoms with Gasteiger partial charge in [-0.15, -0.1) is 0 Å². The van der Waals surface area contributed by atoms with Crippen LogP contribution in [0.25, 0.3) is 0 Å². The van der Waals surface area contributed by atoms with Crippen molar-refractivity contribution in [2.24, 2.45) is 4.99 Å². The molecule has 2 N–H and O–H groups in total. The number of rotatable bonds is 5. The average Bonchev–Trinajstić information content (AvgIpc) is 2.84. The van der Waals surface area contributed by atoms with E-state index in [1.54, 1.807) is 0 Å². The summed E-state index contributed by atoms with van der Waals surface area (Å²) < 4.78 is 5.57. The van der Waals surface area contributed by atoms with E-state index in [4.69, 9.17) is 4.42 Å². The molecule has 1 aliphatic rings. The van der Waals surface area contributed by atoms with Crippen molar-refractivity contribution in [3.8, 4) is 0 Å². The number of benzene rings is 1. The lowest BCUT2D eigenvalue weighted by Crippen LogP contribution is -2.41. The molecule has 0 fully saturated rings. The van der Waals surface area contributed by atoms with E-state index in [-0.39, 0.29) is 0 Å². The normalized spacial score (nSPS) is 16.7. The highest BCUT2D eigenvalue weighted by Gasteiger charge is 2.25. The fraction of sp³-hybridized carbons (Fsp3) is 0.444. The molecular weight excluding hydrogens is 288 g/mol. The van der Waals surface area contributed by atoms with Gasteiger partial charge in [-0.3, -0.25) is 0 Å². The summed E-state index contributed by atoms with van der Waals surface area (Å²) in [5, 5.41) is 6.70. The van der Waals surface area contributed by atoms with Gasteiger partial charge in [-0.2, -0.15) is 0 Å². The number of hydrogen-bond donors (Lipinski definition) is 2. The maximum absolute atomic E-state index is 5.57. The zero-order chi connectivity index (χ0) is 16.2. The van der Waals surface area contributed by atoms with Crippen LogP contribution in [0, 0.1) is 13.8 Å². The van der Waals surface area contributed by atoms with Gasteiger partial charge < -0.3 is 15.1 Å². The molecule has 0 radical (unpaired) electrons. The minimum atomic E-state index is 0.450. The van der Waals surface area contributed by atoms with Crippen molar-refractivity contribution in [2.45, 2.75) is 39.7 Å². The number of hydrogen-bond acceptors (Lipinski definition) is 3. The topological polar surface area (TPSA) is 62.5 Å². The Labute approximate surface area is 137 Å². The number of nitrogens with zero attached hydrogens (tertiary/aromatic N) is 2. The van der Waals surface area contributed by atoms with Crippen molar-refractivity contribution in [2.75, 3.05) is 13.1 Å². The molecule has 1 unspecified atom stereocenters. The van der Waals surface area contributed by atoms with Gasteiger partial charge in [0.25, 0.3) is 0 Å². The highest BCUT2D eigenvalue weighted by atomic mass is 16.4. The van der Waals surface area contributed by atoms with Crippen LogP contribution in [0.5, 0.6) is 0 Å². The van der Waals surface area contributed by atoms with Gasteiger partial charge in [0.05, 0.1) is 5.69 Å². The Balaban J connectivity index is 1.57. The first-order chi connectivity index (χ1) is 11.2. The lowest BCUT2D eigenvalue weighted by Gasteiger charge is -2.30. The predicted molar refractivity (Wildman–Crippen MR) is 91.7 cm³/mol. The van der Waals surface area contributed by atoms with Gasteiger partial charge >= 0.3 is 0 Å². The number of nitrogens with one attached hydrogen (secondary N) is 2. The summed E-state index contributed by atoms with van der Waals surface area (Å²) in [4.78, 5) is 8.93. The second-order valence-electron chi connectivity index (χ2n) is 5.93. The molecule has 122 valence electrons. The van der Waals surface area contributed by atoms with Crippen molar-refractivity contribution >= 4 is 5.96 Å². The molecule has 0 bridgehead atoms. The van der Waals surface area contributed by atoms with Crippen LogP contribution in [-0.4, -0.2) is 24.0 Å². The molecule has 5 nitrogen and oxygen atoms in total. The molecule has 0 saturated carbocycles. The summed E-state index contributed by atoms with van der Waals surface area (Å²) in [6.07, 6.45) is 1.14. The number of fused-ring (bicyclic) bond motifs is 1. The van der Waals surface area contributed by atoms with E-state index in [1.165, 1.54) is 11.1 Å². The molecule has 0 spiro atoms. The number of guanidine groups is 1. The zero-order valence-electron chi connectivity index (χ0n) is 14.0. The van der Waals surface area contributed by atoms with E-state index >= 15 is 0 Å². The summed E-state index contributed by atoms with van der Waals surface area (Å²) in [5.74, 6) is 2.90. The highest BCUT2D eigenvalue weighted by Crippen LogP contribution is 2.33. The Morgan fingerprint density at radius 2 is 2.13 bits per heavy atom. The minimum absolute atomic E-state index is 0.450. The molecule has 2 aromatic rings. The molecular formula is C18H24N4O. The number of oxazole rings is 1. The molecule has 1 aliphatic carbocycles. The predicted octanol–water partition coefficient (Wildman–Crippen LogP) is 2.69. The molecule has 0 aliphatic heterocycles. The zero-order valence-corrected chi connectivity index (χ0v) is 14.0. The van der Waals surface area contributed by atoms with Crippen LogP contribution < -0.4 is 10.6 Å². The summed E-state index contributed by atoms with van der Waals surface area (Å²) in [6, 6.07) is 8.64. The van der Waals surface area contributed by atoms with Crippen LogP contribution in [0.1, 0.15) is 41.3 Å². The lowest BCUT2D eigenvalue weighted by atomic mass is 9.78. The quantitative estimate of drug-likeness (QED) is 0.658. The van der Waals surface area contributed by atoms with Crippen molar-refractivity contribution in [1.29, 1.82) is 0 Å². The van der Waals surface area contributed by atoms with E-state index in [0.29, 0.717) is 18.4 Å². The third-order valence-electron chi connectivity index (χ3n) is 4.27. The molecule has 0 amide bonds. The average molecular weight is 312 g/mol. The van der Waals surface area contributed by atoms with Crippen LogP contribution in [0.4, 0.5) is 0 Å². The van der Waals surface area contributed by atoms with Crippen LogP contribution in [-0.2, 0) is 13.0 Å². The molecule has 1 heterocycles. The van der Waals surface area contributed by atoms with Crippen molar-refractivity contribution in [3.63, 3.8) is 0 Å². The van der Waals surface area contributed by atoms with Crippen LogP contribution in [0.3, 0.4) is 0 Å². The molecule has 1 aromatic heterocycles. The van der Waals surface area contributed by atoms with E-state index in [0.717, 1.165) is 36.9 Å². The lowest BCUT2D eigenvalue weighted by molar-refractivity contribution is 0.472. The monoisotopic (exact) mass is 312 g/mol. The molecule has 5 heteroatoms.